The largest absolute Gasteiger partial charge is 0.354 e. The summed E-state index contributed by atoms with van der Waals surface area (Å²) < 4.78 is 13.9. The van der Waals surface area contributed by atoms with Crippen LogP contribution in [0, 0.1) is 5.82 Å². The van der Waals surface area contributed by atoms with Crippen molar-refractivity contribution >= 4 is 21.8 Å². The quantitative estimate of drug-likeness (QED) is 0.886. The summed E-state index contributed by atoms with van der Waals surface area (Å²) in [7, 11) is 0. The third-order valence-electron chi connectivity index (χ3n) is 2.57. The molecule has 5 heteroatoms. The van der Waals surface area contributed by atoms with E-state index in [0.29, 0.717) is 19.5 Å². The SMILES string of the molecule is O=C1CC(NCc2cc(F)ccc2Br)CN1. The zero-order valence-corrected chi connectivity index (χ0v) is 10.2. The number of hydrogen-bond donors (Lipinski definition) is 2. The van der Waals surface area contributed by atoms with Gasteiger partial charge in [0.15, 0.2) is 0 Å². The van der Waals surface area contributed by atoms with Gasteiger partial charge < -0.3 is 10.6 Å². The van der Waals surface area contributed by atoms with E-state index in [9.17, 15) is 9.18 Å². The molecular formula is C11H12BrFN2O. The van der Waals surface area contributed by atoms with Crippen LogP contribution in [-0.2, 0) is 11.3 Å². The minimum absolute atomic E-state index is 0.0656. The Morgan fingerprint density at radius 1 is 1.56 bits per heavy atom. The lowest BCUT2D eigenvalue weighted by Crippen LogP contribution is -2.30. The van der Waals surface area contributed by atoms with Crippen LogP contribution in [0.25, 0.3) is 0 Å². The van der Waals surface area contributed by atoms with Crippen LogP contribution in [-0.4, -0.2) is 18.5 Å². The van der Waals surface area contributed by atoms with Crippen molar-refractivity contribution in [2.24, 2.45) is 0 Å². The molecule has 0 saturated carbocycles. The lowest BCUT2D eigenvalue weighted by Gasteiger charge is -2.11. The second-order valence-corrected chi connectivity index (χ2v) is 4.68. The number of amides is 1. The lowest BCUT2D eigenvalue weighted by atomic mass is 10.2. The fourth-order valence-corrected chi connectivity index (χ4v) is 2.07. The first-order chi connectivity index (χ1) is 7.65. The number of hydrogen-bond acceptors (Lipinski definition) is 2. The number of halogens is 2. The van der Waals surface area contributed by atoms with Gasteiger partial charge in [-0.25, -0.2) is 4.39 Å². The van der Waals surface area contributed by atoms with E-state index >= 15 is 0 Å². The highest BCUT2D eigenvalue weighted by Crippen LogP contribution is 2.18. The van der Waals surface area contributed by atoms with Crippen molar-refractivity contribution < 1.29 is 9.18 Å². The normalized spacial score (nSPS) is 19.9. The summed E-state index contributed by atoms with van der Waals surface area (Å²) in [5, 5.41) is 5.96. The monoisotopic (exact) mass is 286 g/mol. The van der Waals surface area contributed by atoms with Crippen molar-refractivity contribution in [3.63, 3.8) is 0 Å². The van der Waals surface area contributed by atoms with Crippen molar-refractivity contribution in [2.45, 2.75) is 19.0 Å². The molecule has 1 aromatic rings. The van der Waals surface area contributed by atoms with Gasteiger partial charge in [0.2, 0.25) is 5.91 Å². The number of rotatable bonds is 3. The van der Waals surface area contributed by atoms with Gasteiger partial charge in [0.25, 0.3) is 0 Å². The Bertz CT molecular complexity index is 411. The molecule has 0 bridgehead atoms. The number of carbonyl (C=O) groups excluding carboxylic acids is 1. The van der Waals surface area contributed by atoms with Crippen LogP contribution in [0.2, 0.25) is 0 Å². The first kappa shape index (κ1) is 11.5. The van der Waals surface area contributed by atoms with Gasteiger partial charge in [0.1, 0.15) is 5.82 Å². The van der Waals surface area contributed by atoms with Gasteiger partial charge in [-0.3, -0.25) is 4.79 Å². The summed E-state index contributed by atoms with van der Waals surface area (Å²) in [5.74, 6) is -0.184. The first-order valence-corrected chi connectivity index (χ1v) is 5.88. The second kappa shape index (κ2) is 4.93. The van der Waals surface area contributed by atoms with Gasteiger partial charge in [-0.2, -0.15) is 0 Å². The Kier molecular flexibility index (Phi) is 3.56. The molecule has 1 atom stereocenters. The summed E-state index contributed by atoms with van der Waals surface area (Å²) in [6.07, 6.45) is 0.493. The highest BCUT2D eigenvalue weighted by atomic mass is 79.9. The molecule has 1 fully saturated rings. The molecule has 0 radical (unpaired) electrons. The highest BCUT2D eigenvalue weighted by molar-refractivity contribution is 9.10. The molecular weight excluding hydrogens is 275 g/mol. The highest BCUT2D eigenvalue weighted by Gasteiger charge is 2.20. The lowest BCUT2D eigenvalue weighted by molar-refractivity contribution is -0.119. The van der Waals surface area contributed by atoms with E-state index in [1.165, 1.54) is 12.1 Å². The van der Waals surface area contributed by atoms with Gasteiger partial charge in [0, 0.05) is 30.0 Å². The van der Waals surface area contributed by atoms with Gasteiger partial charge in [-0.05, 0) is 23.8 Å². The van der Waals surface area contributed by atoms with Crippen molar-refractivity contribution in [3.8, 4) is 0 Å². The predicted molar refractivity (Wildman–Crippen MR) is 62.4 cm³/mol. The Hall–Kier alpha value is -0.940. The maximum absolute atomic E-state index is 13.0. The molecule has 1 saturated heterocycles. The zero-order chi connectivity index (χ0) is 11.5. The maximum Gasteiger partial charge on any atom is 0.221 e. The first-order valence-electron chi connectivity index (χ1n) is 5.09. The van der Waals surface area contributed by atoms with Crippen LogP contribution >= 0.6 is 15.9 Å². The molecule has 0 aliphatic carbocycles. The molecule has 1 unspecified atom stereocenters. The fraction of sp³-hybridized carbons (Fsp3) is 0.364. The smallest absolute Gasteiger partial charge is 0.221 e. The minimum Gasteiger partial charge on any atom is -0.354 e. The van der Waals surface area contributed by atoms with E-state index in [0.717, 1.165) is 10.0 Å². The molecule has 1 heterocycles. The summed E-state index contributed by atoms with van der Waals surface area (Å²) in [6.45, 7) is 1.20. The molecule has 0 spiro atoms. The fourth-order valence-electron chi connectivity index (χ4n) is 1.68. The maximum atomic E-state index is 13.0. The summed E-state index contributed by atoms with van der Waals surface area (Å²) in [5.41, 5.74) is 0.861. The van der Waals surface area contributed by atoms with Crippen LogP contribution < -0.4 is 10.6 Å². The van der Waals surface area contributed by atoms with E-state index in [1.54, 1.807) is 6.07 Å². The van der Waals surface area contributed by atoms with Crippen molar-refractivity contribution in [2.75, 3.05) is 6.54 Å². The number of benzene rings is 1. The second-order valence-electron chi connectivity index (χ2n) is 3.82. The Balaban J connectivity index is 1.94. The predicted octanol–water partition coefficient (Wildman–Crippen LogP) is 1.57. The molecule has 1 aliphatic heterocycles. The molecule has 3 nitrogen and oxygen atoms in total. The van der Waals surface area contributed by atoms with Crippen LogP contribution in [0.15, 0.2) is 22.7 Å². The van der Waals surface area contributed by atoms with Crippen LogP contribution in [0.4, 0.5) is 4.39 Å². The standard InChI is InChI=1S/C11H12BrFN2O/c12-10-2-1-8(13)3-7(10)5-14-9-4-11(16)15-6-9/h1-3,9,14H,4-6H2,(H,15,16). The molecule has 2 N–H and O–H groups in total. The molecule has 1 aromatic carbocycles. The van der Waals surface area contributed by atoms with Crippen molar-refractivity contribution in [1.29, 1.82) is 0 Å². The van der Waals surface area contributed by atoms with Crippen molar-refractivity contribution in [3.05, 3.63) is 34.1 Å². The minimum atomic E-state index is -0.249. The van der Waals surface area contributed by atoms with Gasteiger partial charge >= 0.3 is 0 Å². The van der Waals surface area contributed by atoms with E-state index in [4.69, 9.17) is 0 Å². The van der Waals surface area contributed by atoms with E-state index in [2.05, 4.69) is 26.6 Å². The third-order valence-corrected chi connectivity index (χ3v) is 3.34. The topological polar surface area (TPSA) is 41.1 Å². The summed E-state index contributed by atoms with van der Waals surface area (Å²) >= 11 is 3.36. The van der Waals surface area contributed by atoms with E-state index in [1.807, 2.05) is 0 Å². The van der Waals surface area contributed by atoms with Crippen molar-refractivity contribution in [1.82, 2.24) is 10.6 Å². The Morgan fingerprint density at radius 3 is 3.06 bits per heavy atom. The Morgan fingerprint density at radius 2 is 2.38 bits per heavy atom. The van der Waals surface area contributed by atoms with Gasteiger partial charge in [-0.15, -0.1) is 0 Å². The molecule has 2 rings (SSSR count). The van der Waals surface area contributed by atoms with Gasteiger partial charge in [0.05, 0.1) is 0 Å². The number of carbonyl (C=O) groups is 1. The summed E-state index contributed by atoms with van der Waals surface area (Å²) in [6, 6.07) is 4.72. The Labute approximate surface area is 102 Å². The molecule has 86 valence electrons. The van der Waals surface area contributed by atoms with Crippen LogP contribution in [0.3, 0.4) is 0 Å². The van der Waals surface area contributed by atoms with Gasteiger partial charge in [-0.1, -0.05) is 15.9 Å². The molecule has 1 amide bonds. The summed E-state index contributed by atoms with van der Waals surface area (Å²) in [4.78, 5) is 11.0. The van der Waals surface area contributed by atoms with Crippen LogP contribution in [0.5, 0.6) is 0 Å². The molecule has 0 aromatic heterocycles. The average Bonchev–Trinajstić information content (AvgIpc) is 2.66. The van der Waals surface area contributed by atoms with E-state index < -0.39 is 0 Å². The number of nitrogens with one attached hydrogen (secondary N) is 2. The van der Waals surface area contributed by atoms with E-state index in [-0.39, 0.29) is 17.8 Å². The molecule has 16 heavy (non-hydrogen) atoms. The van der Waals surface area contributed by atoms with Crippen LogP contribution in [0.1, 0.15) is 12.0 Å². The molecule has 1 aliphatic rings. The zero-order valence-electron chi connectivity index (χ0n) is 8.59. The average molecular weight is 287 g/mol. The third kappa shape index (κ3) is 2.80.